The Bertz CT molecular complexity index is 569. The van der Waals surface area contributed by atoms with Crippen LogP contribution in [0, 0.1) is 5.92 Å². The molecule has 1 heteroatoms. The molecule has 1 aliphatic heterocycles. The van der Waals surface area contributed by atoms with E-state index in [4.69, 9.17) is 0 Å². The van der Waals surface area contributed by atoms with E-state index < -0.39 is 0 Å². The van der Waals surface area contributed by atoms with Gasteiger partial charge in [-0.3, -0.25) is 0 Å². The van der Waals surface area contributed by atoms with Gasteiger partial charge in [0.25, 0.3) is 0 Å². The summed E-state index contributed by atoms with van der Waals surface area (Å²) in [4.78, 5) is 2.79. The fourth-order valence-electron chi connectivity index (χ4n) is 5.74. The maximum atomic E-state index is 2.79. The Hall–Kier alpha value is -1.08. The van der Waals surface area contributed by atoms with Crippen LogP contribution < -0.4 is 0 Å². The van der Waals surface area contributed by atoms with Gasteiger partial charge in [0.1, 0.15) is 0 Å². The summed E-state index contributed by atoms with van der Waals surface area (Å²) < 4.78 is 0. The van der Waals surface area contributed by atoms with Crippen molar-refractivity contribution in [1.82, 2.24) is 4.90 Å². The SMILES string of the molecule is CCCCCC(CCC)C(CN1CCCC1)(C1=CCCC1)c1ccccc1. The maximum absolute atomic E-state index is 2.79. The number of unbranched alkanes of at least 4 members (excludes halogenated alkanes) is 2. The predicted molar refractivity (Wildman–Crippen MR) is 118 cm³/mol. The highest BCUT2D eigenvalue weighted by Crippen LogP contribution is 2.48. The van der Waals surface area contributed by atoms with Gasteiger partial charge >= 0.3 is 0 Å². The Balaban J connectivity index is 2.02. The molecule has 1 heterocycles. The minimum atomic E-state index is 0.242. The van der Waals surface area contributed by atoms with Crippen molar-refractivity contribution in [2.75, 3.05) is 19.6 Å². The van der Waals surface area contributed by atoms with E-state index in [2.05, 4.69) is 55.2 Å². The van der Waals surface area contributed by atoms with Crippen LogP contribution in [0.5, 0.6) is 0 Å². The third-order valence-corrected chi connectivity index (χ3v) is 7.06. The van der Waals surface area contributed by atoms with Crippen molar-refractivity contribution in [1.29, 1.82) is 0 Å². The molecule has 1 saturated heterocycles. The first-order chi connectivity index (χ1) is 13.3. The van der Waals surface area contributed by atoms with Gasteiger partial charge in [0.15, 0.2) is 0 Å². The van der Waals surface area contributed by atoms with Gasteiger partial charge in [-0.15, -0.1) is 0 Å². The average Bonchev–Trinajstić information content (AvgIpc) is 3.41. The summed E-state index contributed by atoms with van der Waals surface area (Å²) in [7, 11) is 0. The van der Waals surface area contributed by atoms with E-state index in [-0.39, 0.29) is 5.41 Å². The summed E-state index contributed by atoms with van der Waals surface area (Å²) in [6, 6.07) is 11.6. The molecule has 1 aromatic carbocycles. The van der Waals surface area contributed by atoms with E-state index in [1.165, 1.54) is 90.3 Å². The minimum Gasteiger partial charge on any atom is -0.302 e. The van der Waals surface area contributed by atoms with Crippen molar-refractivity contribution < 1.29 is 0 Å². The maximum Gasteiger partial charge on any atom is 0.0317 e. The molecule has 2 unspecified atom stereocenters. The number of nitrogens with zero attached hydrogens (tertiary/aromatic N) is 1. The Morgan fingerprint density at radius 2 is 1.70 bits per heavy atom. The minimum absolute atomic E-state index is 0.242. The molecule has 0 spiro atoms. The van der Waals surface area contributed by atoms with Crippen molar-refractivity contribution in [2.24, 2.45) is 5.92 Å². The predicted octanol–water partition coefficient (Wildman–Crippen LogP) is 7.13. The molecular weight excluding hydrogens is 326 g/mol. The molecule has 2 atom stereocenters. The van der Waals surface area contributed by atoms with Crippen LogP contribution in [0.4, 0.5) is 0 Å². The summed E-state index contributed by atoms with van der Waals surface area (Å²) in [5.41, 5.74) is 3.61. The number of benzene rings is 1. The molecule has 150 valence electrons. The second-order valence-corrected chi connectivity index (χ2v) is 8.92. The number of rotatable bonds is 11. The summed E-state index contributed by atoms with van der Waals surface area (Å²) in [6.45, 7) is 8.58. The summed E-state index contributed by atoms with van der Waals surface area (Å²) in [5, 5.41) is 0. The highest BCUT2D eigenvalue weighted by molar-refractivity contribution is 5.40. The van der Waals surface area contributed by atoms with Crippen LogP contribution in [-0.2, 0) is 5.41 Å². The molecule has 0 bridgehead atoms. The third kappa shape index (κ3) is 4.86. The van der Waals surface area contributed by atoms with E-state index in [0.717, 1.165) is 5.92 Å². The zero-order valence-corrected chi connectivity index (χ0v) is 17.9. The highest BCUT2D eigenvalue weighted by Gasteiger charge is 2.44. The second-order valence-electron chi connectivity index (χ2n) is 8.92. The lowest BCUT2D eigenvalue weighted by Gasteiger charge is -2.46. The number of hydrogen-bond acceptors (Lipinski definition) is 1. The van der Waals surface area contributed by atoms with E-state index in [0.29, 0.717) is 0 Å². The number of hydrogen-bond donors (Lipinski definition) is 0. The molecule has 1 nitrogen and oxygen atoms in total. The zero-order valence-electron chi connectivity index (χ0n) is 17.9. The lowest BCUT2D eigenvalue weighted by atomic mass is 9.62. The number of likely N-dealkylation sites (tertiary alicyclic amines) is 1. The quantitative estimate of drug-likeness (QED) is 0.297. The van der Waals surface area contributed by atoms with E-state index in [9.17, 15) is 0 Å². The van der Waals surface area contributed by atoms with Gasteiger partial charge in [-0.1, -0.05) is 81.5 Å². The van der Waals surface area contributed by atoms with Crippen LogP contribution in [0.3, 0.4) is 0 Å². The van der Waals surface area contributed by atoms with Gasteiger partial charge in [-0.25, -0.2) is 0 Å². The van der Waals surface area contributed by atoms with Crippen molar-refractivity contribution in [3.8, 4) is 0 Å². The Morgan fingerprint density at radius 3 is 2.33 bits per heavy atom. The Kier molecular flexibility index (Phi) is 8.00. The molecule has 2 aliphatic rings. The van der Waals surface area contributed by atoms with Gasteiger partial charge < -0.3 is 4.90 Å². The monoisotopic (exact) mass is 367 g/mol. The topological polar surface area (TPSA) is 3.24 Å². The molecule has 1 fully saturated rings. The van der Waals surface area contributed by atoms with Crippen LogP contribution in [0.15, 0.2) is 42.0 Å². The molecule has 0 N–H and O–H groups in total. The molecule has 3 rings (SSSR count). The molecule has 0 saturated carbocycles. The van der Waals surface area contributed by atoms with Crippen molar-refractivity contribution in [2.45, 2.75) is 89.9 Å². The summed E-state index contributed by atoms with van der Waals surface area (Å²) in [6.07, 6.45) is 17.5. The van der Waals surface area contributed by atoms with Gasteiger partial charge in [0, 0.05) is 12.0 Å². The third-order valence-electron chi connectivity index (χ3n) is 7.06. The summed E-state index contributed by atoms with van der Waals surface area (Å²) in [5.74, 6) is 0.779. The Labute approximate surface area is 168 Å². The first-order valence-corrected chi connectivity index (χ1v) is 11.8. The van der Waals surface area contributed by atoms with E-state index in [1.54, 1.807) is 11.1 Å². The molecule has 0 aromatic heterocycles. The normalized spacial score (nSPS) is 21.2. The lowest BCUT2D eigenvalue weighted by molar-refractivity contribution is 0.183. The fraction of sp³-hybridized carbons (Fsp3) is 0.692. The molecule has 1 aromatic rings. The van der Waals surface area contributed by atoms with Crippen LogP contribution >= 0.6 is 0 Å². The van der Waals surface area contributed by atoms with Crippen LogP contribution in [-0.4, -0.2) is 24.5 Å². The van der Waals surface area contributed by atoms with Gasteiger partial charge in [0.05, 0.1) is 0 Å². The Morgan fingerprint density at radius 1 is 0.926 bits per heavy atom. The van der Waals surface area contributed by atoms with Crippen LogP contribution in [0.2, 0.25) is 0 Å². The van der Waals surface area contributed by atoms with Gasteiger partial charge in [0.2, 0.25) is 0 Å². The fourth-order valence-corrected chi connectivity index (χ4v) is 5.74. The largest absolute Gasteiger partial charge is 0.302 e. The zero-order chi connectivity index (χ0) is 19.0. The van der Waals surface area contributed by atoms with Crippen molar-refractivity contribution >= 4 is 0 Å². The molecule has 0 amide bonds. The van der Waals surface area contributed by atoms with Crippen LogP contribution in [0.25, 0.3) is 0 Å². The number of allylic oxidation sites excluding steroid dienone is 1. The highest BCUT2D eigenvalue weighted by atomic mass is 15.1. The van der Waals surface area contributed by atoms with Gasteiger partial charge in [-0.2, -0.15) is 0 Å². The van der Waals surface area contributed by atoms with E-state index >= 15 is 0 Å². The lowest BCUT2D eigenvalue weighted by Crippen LogP contribution is -2.47. The smallest absolute Gasteiger partial charge is 0.0317 e. The second kappa shape index (κ2) is 10.5. The molecular formula is C26H41N. The average molecular weight is 368 g/mol. The first kappa shape index (κ1) is 20.6. The molecule has 0 radical (unpaired) electrons. The van der Waals surface area contributed by atoms with Crippen molar-refractivity contribution in [3.63, 3.8) is 0 Å². The van der Waals surface area contributed by atoms with Crippen molar-refractivity contribution in [3.05, 3.63) is 47.5 Å². The van der Waals surface area contributed by atoms with Crippen LogP contribution in [0.1, 0.15) is 90.0 Å². The summed E-state index contributed by atoms with van der Waals surface area (Å²) >= 11 is 0. The van der Waals surface area contributed by atoms with Gasteiger partial charge in [-0.05, 0) is 69.5 Å². The molecule has 27 heavy (non-hydrogen) atoms. The first-order valence-electron chi connectivity index (χ1n) is 11.8. The molecule has 1 aliphatic carbocycles. The van der Waals surface area contributed by atoms with E-state index in [1.807, 2.05) is 0 Å². The standard InChI is InChI=1S/C26H41N/c1-3-5-7-15-23(14-4-2)26(25-18-10-11-19-25,22-27-20-12-13-21-27)24-16-8-6-9-17-24/h6,8-9,16-18,23H,3-5,7,10-15,19-22H2,1-2H3.